The van der Waals surface area contributed by atoms with Gasteiger partial charge in [0.15, 0.2) is 0 Å². The Morgan fingerprint density at radius 3 is 2.45 bits per heavy atom. The van der Waals surface area contributed by atoms with Crippen molar-refractivity contribution < 1.29 is 9.59 Å². The van der Waals surface area contributed by atoms with Crippen LogP contribution in [-0.4, -0.2) is 24.9 Å². The van der Waals surface area contributed by atoms with E-state index in [-0.39, 0.29) is 24.3 Å². The molecule has 2 N–H and O–H groups in total. The second-order valence-corrected chi connectivity index (χ2v) is 5.99. The highest BCUT2D eigenvalue weighted by molar-refractivity contribution is 5.85. The minimum Gasteiger partial charge on any atom is -0.355 e. The minimum atomic E-state index is -0.0998. The SMILES string of the molecule is O=C(CNC(=O)C1CCCCC1)NCCCc1ccccc1. The van der Waals surface area contributed by atoms with E-state index < -0.39 is 0 Å². The fourth-order valence-corrected chi connectivity index (χ4v) is 2.90. The maximum Gasteiger partial charge on any atom is 0.239 e. The Morgan fingerprint density at radius 2 is 1.73 bits per heavy atom. The molecule has 1 saturated carbocycles. The Balaban J connectivity index is 1.55. The highest BCUT2D eigenvalue weighted by atomic mass is 16.2. The number of benzene rings is 1. The van der Waals surface area contributed by atoms with Crippen LogP contribution in [0.3, 0.4) is 0 Å². The number of hydrogen-bond donors (Lipinski definition) is 2. The predicted molar refractivity (Wildman–Crippen MR) is 87.4 cm³/mol. The van der Waals surface area contributed by atoms with Gasteiger partial charge in [0.2, 0.25) is 11.8 Å². The molecule has 120 valence electrons. The van der Waals surface area contributed by atoms with Crippen molar-refractivity contribution in [3.8, 4) is 0 Å². The summed E-state index contributed by atoms with van der Waals surface area (Å²) in [6.45, 7) is 0.744. The zero-order chi connectivity index (χ0) is 15.6. The summed E-state index contributed by atoms with van der Waals surface area (Å²) in [5, 5.41) is 5.62. The van der Waals surface area contributed by atoms with Gasteiger partial charge in [-0.2, -0.15) is 0 Å². The molecule has 1 aromatic carbocycles. The van der Waals surface area contributed by atoms with Gasteiger partial charge in [0.05, 0.1) is 6.54 Å². The first-order valence-electron chi connectivity index (χ1n) is 8.34. The molecule has 2 amide bonds. The molecule has 0 atom stereocenters. The molecule has 0 radical (unpaired) electrons. The summed E-state index contributed by atoms with van der Waals surface area (Å²) in [5.41, 5.74) is 1.28. The average Bonchev–Trinajstić information content (AvgIpc) is 2.58. The Bertz CT molecular complexity index is 467. The van der Waals surface area contributed by atoms with Crippen molar-refractivity contribution in [1.82, 2.24) is 10.6 Å². The number of nitrogens with one attached hydrogen (secondary N) is 2. The zero-order valence-electron chi connectivity index (χ0n) is 13.1. The largest absolute Gasteiger partial charge is 0.355 e. The molecule has 22 heavy (non-hydrogen) atoms. The monoisotopic (exact) mass is 302 g/mol. The highest BCUT2D eigenvalue weighted by Crippen LogP contribution is 2.23. The zero-order valence-corrected chi connectivity index (χ0v) is 13.1. The van der Waals surface area contributed by atoms with Crippen LogP contribution in [0.15, 0.2) is 30.3 Å². The van der Waals surface area contributed by atoms with Crippen LogP contribution in [0.25, 0.3) is 0 Å². The predicted octanol–water partition coefficient (Wildman–Crippen LogP) is 2.43. The molecule has 0 aliphatic heterocycles. The van der Waals surface area contributed by atoms with Crippen LogP contribution in [0.2, 0.25) is 0 Å². The second-order valence-electron chi connectivity index (χ2n) is 5.99. The van der Waals surface area contributed by atoms with Crippen LogP contribution in [-0.2, 0) is 16.0 Å². The summed E-state index contributed by atoms with van der Waals surface area (Å²) in [7, 11) is 0. The standard InChI is InChI=1S/C18H26N2O2/c21-17(14-20-18(22)16-11-5-2-6-12-16)19-13-7-10-15-8-3-1-4-9-15/h1,3-4,8-9,16H,2,5-7,10-14H2,(H,19,21)(H,20,22). The van der Waals surface area contributed by atoms with Gasteiger partial charge in [-0.3, -0.25) is 9.59 Å². The van der Waals surface area contributed by atoms with Crippen LogP contribution in [0.5, 0.6) is 0 Å². The highest BCUT2D eigenvalue weighted by Gasteiger charge is 2.21. The smallest absolute Gasteiger partial charge is 0.239 e. The maximum absolute atomic E-state index is 11.9. The number of amides is 2. The summed E-state index contributed by atoms with van der Waals surface area (Å²) in [6, 6.07) is 10.2. The molecule has 1 aliphatic carbocycles. The molecule has 0 spiro atoms. The second kappa shape index (κ2) is 9.23. The number of carbonyl (C=O) groups is 2. The first kappa shape index (κ1) is 16.5. The van der Waals surface area contributed by atoms with Gasteiger partial charge in [0.25, 0.3) is 0 Å². The van der Waals surface area contributed by atoms with Gasteiger partial charge in [0.1, 0.15) is 0 Å². The number of carbonyl (C=O) groups excluding carboxylic acids is 2. The first-order valence-corrected chi connectivity index (χ1v) is 8.34. The van der Waals surface area contributed by atoms with Crippen LogP contribution < -0.4 is 10.6 Å². The van der Waals surface area contributed by atoms with Gasteiger partial charge in [-0.15, -0.1) is 0 Å². The third-order valence-corrected chi connectivity index (χ3v) is 4.21. The topological polar surface area (TPSA) is 58.2 Å². The summed E-state index contributed by atoms with van der Waals surface area (Å²) >= 11 is 0. The van der Waals surface area contributed by atoms with E-state index in [1.54, 1.807) is 0 Å². The quantitative estimate of drug-likeness (QED) is 0.760. The number of rotatable bonds is 7. The van der Waals surface area contributed by atoms with Crippen LogP contribution >= 0.6 is 0 Å². The van der Waals surface area contributed by atoms with Gasteiger partial charge in [0, 0.05) is 12.5 Å². The van der Waals surface area contributed by atoms with E-state index in [9.17, 15) is 9.59 Å². The Hall–Kier alpha value is -1.84. The molecular weight excluding hydrogens is 276 g/mol. The van der Waals surface area contributed by atoms with Crippen LogP contribution in [0.4, 0.5) is 0 Å². The fourth-order valence-electron chi connectivity index (χ4n) is 2.90. The maximum atomic E-state index is 11.9. The lowest BCUT2D eigenvalue weighted by Crippen LogP contribution is -2.40. The van der Waals surface area contributed by atoms with Crippen LogP contribution in [0.1, 0.15) is 44.1 Å². The molecule has 0 bridgehead atoms. The summed E-state index contributed by atoms with van der Waals surface area (Å²) in [4.78, 5) is 23.6. The Morgan fingerprint density at radius 1 is 1.00 bits per heavy atom. The van der Waals surface area contributed by atoms with Crippen LogP contribution in [0, 0.1) is 5.92 Å². The molecule has 0 heterocycles. The molecule has 0 unspecified atom stereocenters. The van der Waals surface area contributed by atoms with E-state index in [0.29, 0.717) is 6.54 Å². The minimum absolute atomic E-state index is 0.0409. The fraction of sp³-hybridized carbons (Fsp3) is 0.556. The van der Waals surface area contributed by atoms with E-state index in [2.05, 4.69) is 22.8 Å². The molecule has 0 saturated heterocycles. The lowest BCUT2D eigenvalue weighted by atomic mass is 9.89. The molecule has 2 rings (SSSR count). The van der Waals surface area contributed by atoms with Crippen molar-refractivity contribution in [2.24, 2.45) is 5.92 Å². The van der Waals surface area contributed by atoms with E-state index in [4.69, 9.17) is 0 Å². The van der Waals surface area contributed by atoms with E-state index in [1.807, 2.05) is 18.2 Å². The van der Waals surface area contributed by atoms with E-state index >= 15 is 0 Å². The summed E-state index contributed by atoms with van der Waals surface area (Å²) < 4.78 is 0. The average molecular weight is 302 g/mol. The molecule has 1 fully saturated rings. The van der Waals surface area contributed by atoms with Gasteiger partial charge >= 0.3 is 0 Å². The van der Waals surface area contributed by atoms with Crippen molar-refractivity contribution in [2.75, 3.05) is 13.1 Å². The van der Waals surface area contributed by atoms with Crippen molar-refractivity contribution >= 4 is 11.8 Å². The molecular formula is C18H26N2O2. The molecule has 4 nitrogen and oxygen atoms in total. The first-order chi connectivity index (χ1) is 10.8. The van der Waals surface area contributed by atoms with E-state index in [0.717, 1.165) is 38.5 Å². The van der Waals surface area contributed by atoms with Crippen molar-refractivity contribution in [2.45, 2.75) is 44.9 Å². The van der Waals surface area contributed by atoms with Gasteiger partial charge in [-0.1, -0.05) is 49.6 Å². The third-order valence-electron chi connectivity index (χ3n) is 4.21. The number of aryl methyl sites for hydroxylation is 1. The summed E-state index contributed by atoms with van der Waals surface area (Å²) in [6.07, 6.45) is 7.27. The molecule has 4 heteroatoms. The molecule has 1 aliphatic rings. The van der Waals surface area contributed by atoms with Gasteiger partial charge in [-0.25, -0.2) is 0 Å². The van der Waals surface area contributed by atoms with E-state index in [1.165, 1.54) is 12.0 Å². The van der Waals surface area contributed by atoms with Crippen molar-refractivity contribution in [3.63, 3.8) is 0 Å². The van der Waals surface area contributed by atoms with Crippen molar-refractivity contribution in [1.29, 1.82) is 0 Å². The third kappa shape index (κ3) is 5.88. The summed E-state index contributed by atoms with van der Waals surface area (Å²) in [5.74, 6) is 0.0518. The Labute approximate surface area is 132 Å². The number of hydrogen-bond acceptors (Lipinski definition) is 2. The molecule has 0 aromatic heterocycles. The Kier molecular flexibility index (Phi) is 6.94. The molecule has 1 aromatic rings. The lowest BCUT2D eigenvalue weighted by molar-refractivity contribution is -0.129. The normalized spacial score (nSPS) is 15.3. The van der Waals surface area contributed by atoms with Gasteiger partial charge < -0.3 is 10.6 Å². The van der Waals surface area contributed by atoms with Gasteiger partial charge in [-0.05, 0) is 31.2 Å². The van der Waals surface area contributed by atoms with Crippen molar-refractivity contribution in [3.05, 3.63) is 35.9 Å². The lowest BCUT2D eigenvalue weighted by Gasteiger charge is -2.20.